The molecule has 3 unspecified atom stereocenters. The third-order valence-corrected chi connectivity index (χ3v) is 11.2. The monoisotopic (exact) mass is 334 g/mol. The van der Waals surface area contributed by atoms with Crippen molar-refractivity contribution in [2.75, 3.05) is 0 Å². The second-order valence-corrected chi connectivity index (χ2v) is 14.2. The summed E-state index contributed by atoms with van der Waals surface area (Å²) < 4.78 is 40.2. The molecule has 0 radical (unpaired) electrons. The minimum atomic E-state index is -3.80. The van der Waals surface area contributed by atoms with Gasteiger partial charge in [0.25, 0.3) is 0 Å². The van der Waals surface area contributed by atoms with E-state index >= 15 is 0 Å². The van der Waals surface area contributed by atoms with Crippen LogP contribution >= 0.6 is 0 Å². The first kappa shape index (κ1) is 15.9. The molecule has 0 spiro atoms. The highest BCUT2D eigenvalue weighted by atomic mass is 32.3. The van der Waals surface area contributed by atoms with E-state index in [9.17, 15) is 8.42 Å². The largest absolute Gasteiger partial charge is 0.413 e. The average molecular weight is 335 g/mol. The maximum absolute atomic E-state index is 11.6. The van der Waals surface area contributed by atoms with Crippen molar-refractivity contribution in [1.29, 1.82) is 0 Å². The molecule has 4 bridgehead atoms. The molecule has 1 heterocycles. The third kappa shape index (κ3) is 2.83. The molecule has 0 aromatic heterocycles. The predicted molar refractivity (Wildman–Crippen MR) is 81.6 cm³/mol. The summed E-state index contributed by atoms with van der Waals surface area (Å²) in [5.41, 5.74) is 0. The Labute approximate surface area is 128 Å². The van der Waals surface area contributed by atoms with Crippen LogP contribution < -0.4 is 0 Å². The maximum Gasteiger partial charge on any atom is 0.400 e. The van der Waals surface area contributed by atoms with E-state index in [-0.39, 0.29) is 29.3 Å². The van der Waals surface area contributed by atoms with Gasteiger partial charge in [-0.05, 0) is 43.3 Å². The Morgan fingerprint density at radius 2 is 1.57 bits per heavy atom. The standard InChI is InChI=1S/C14H26O5SSi/c1-14(2,3)21(4,5)19-12-8-9-6-10-13(12)11(7-9)18-20(15,16)17-10/h9-13H,6-8H2,1-5H3. The van der Waals surface area contributed by atoms with Gasteiger partial charge < -0.3 is 4.43 Å². The van der Waals surface area contributed by atoms with E-state index in [1.54, 1.807) is 0 Å². The zero-order valence-electron chi connectivity index (χ0n) is 13.5. The SMILES string of the molecule is CC(C)(C)[Si](C)(C)OC1CC2CC3OS(=O)(=O)OC(C2)C13. The molecule has 0 aromatic rings. The zero-order valence-corrected chi connectivity index (χ0v) is 15.3. The van der Waals surface area contributed by atoms with Crippen molar-refractivity contribution in [3.8, 4) is 0 Å². The van der Waals surface area contributed by atoms with Crippen molar-refractivity contribution in [3.63, 3.8) is 0 Å². The summed E-state index contributed by atoms with van der Waals surface area (Å²) in [6, 6.07) is 0. The number of hydrogen-bond acceptors (Lipinski definition) is 5. The van der Waals surface area contributed by atoms with Crippen molar-refractivity contribution in [3.05, 3.63) is 0 Å². The predicted octanol–water partition coefficient (Wildman–Crippen LogP) is 2.84. The van der Waals surface area contributed by atoms with Crippen molar-refractivity contribution >= 4 is 18.7 Å². The molecule has 0 amide bonds. The fraction of sp³-hybridized carbons (Fsp3) is 1.00. The van der Waals surface area contributed by atoms with Crippen LogP contribution in [0, 0.1) is 11.8 Å². The number of rotatable bonds is 2. The first-order valence-corrected chi connectivity index (χ1v) is 12.0. The molecule has 21 heavy (non-hydrogen) atoms. The Balaban J connectivity index is 1.81. The highest BCUT2D eigenvalue weighted by Gasteiger charge is 2.57. The average Bonchev–Trinajstić information content (AvgIpc) is 2.22. The van der Waals surface area contributed by atoms with Gasteiger partial charge in [-0.3, -0.25) is 0 Å². The van der Waals surface area contributed by atoms with Gasteiger partial charge in [-0.15, -0.1) is 0 Å². The van der Waals surface area contributed by atoms with Crippen LogP contribution in [0.3, 0.4) is 0 Å². The summed E-state index contributed by atoms with van der Waals surface area (Å²) in [7, 11) is -5.68. The van der Waals surface area contributed by atoms with Gasteiger partial charge in [0.2, 0.25) is 0 Å². The molecule has 1 saturated heterocycles. The molecule has 5 nitrogen and oxygen atoms in total. The van der Waals surface area contributed by atoms with Crippen molar-refractivity contribution in [2.24, 2.45) is 11.8 Å². The lowest BCUT2D eigenvalue weighted by atomic mass is 9.66. The molecule has 1 aliphatic heterocycles. The molecule has 0 aromatic carbocycles. The van der Waals surface area contributed by atoms with Crippen LogP contribution in [0.4, 0.5) is 0 Å². The number of fused-ring (bicyclic) bond motifs is 1. The Bertz CT molecular complexity index is 502. The first-order chi connectivity index (χ1) is 9.48. The minimum absolute atomic E-state index is 0.0626. The summed E-state index contributed by atoms with van der Waals surface area (Å²) in [5, 5.41) is 0.145. The molecular weight excluding hydrogens is 308 g/mol. The lowest BCUT2D eigenvalue weighted by Gasteiger charge is -2.54. The smallest absolute Gasteiger partial charge is 0.400 e. The van der Waals surface area contributed by atoms with Gasteiger partial charge in [0.1, 0.15) is 0 Å². The zero-order chi connectivity index (χ0) is 15.6. The molecular formula is C14H26O5SSi. The molecule has 4 aliphatic rings. The lowest BCUT2D eigenvalue weighted by molar-refractivity contribution is -0.148. The van der Waals surface area contributed by atoms with Gasteiger partial charge >= 0.3 is 10.4 Å². The van der Waals surface area contributed by atoms with Crippen molar-refractivity contribution < 1.29 is 21.2 Å². The molecule has 3 saturated carbocycles. The highest BCUT2D eigenvalue weighted by Crippen LogP contribution is 2.51. The van der Waals surface area contributed by atoms with Gasteiger partial charge in [0.15, 0.2) is 8.32 Å². The molecule has 122 valence electrons. The van der Waals surface area contributed by atoms with Crippen LogP contribution in [0.2, 0.25) is 18.1 Å². The first-order valence-electron chi connectivity index (χ1n) is 7.78. The Hall–Kier alpha value is 0.0469. The summed E-state index contributed by atoms with van der Waals surface area (Å²) in [6.45, 7) is 11.1. The molecule has 7 heteroatoms. The van der Waals surface area contributed by atoms with Crippen molar-refractivity contribution in [1.82, 2.24) is 0 Å². The van der Waals surface area contributed by atoms with Crippen LogP contribution in [-0.4, -0.2) is 35.0 Å². The molecule has 4 rings (SSSR count). The molecule has 3 aliphatic carbocycles. The fourth-order valence-electron chi connectivity index (χ4n) is 3.68. The Morgan fingerprint density at radius 3 is 2.05 bits per heavy atom. The molecule has 0 N–H and O–H groups in total. The van der Waals surface area contributed by atoms with Gasteiger partial charge in [0, 0.05) is 5.92 Å². The van der Waals surface area contributed by atoms with E-state index in [4.69, 9.17) is 12.8 Å². The summed E-state index contributed by atoms with van der Waals surface area (Å²) in [6.07, 6.45) is 2.22. The van der Waals surface area contributed by atoms with Crippen molar-refractivity contribution in [2.45, 2.75) is 76.5 Å². The normalized spacial score (nSPS) is 42.0. The topological polar surface area (TPSA) is 61.8 Å². The van der Waals surface area contributed by atoms with Crippen LogP contribution in [-0.2, 0) is 23.2 Å². The summed E-state index contributed by atoms with van der Waals surface area (Å²) in [5.74, 6) is 0.517. The summed E-state index contributed by atoms with van der Waals surface area (Å²) >= 11 is 0. The van der Waals surface area contributed by atoms with Crippen LogP contribution in [0.1, 0.15) is 40.0 Å². The van der Waals surface area contributed by atoms with Gasteiger partial charge in [-0.1, -0.05) is 20.8 Å². The second kappa shape index (κ2) is 4.77. The van der Waals surface area contributed by atoms with Gasteiger partial charge in [-0.25, -0.2) is 8.37 Å². The Kier molecular flexibility index (Phi) is 3.62. The third-order valence-electron chi connectivity index (χ3n) is 5.72. The maximum atomic E-state index is 11.6. The quantitative estimate of drug-likeness (QED) is 0.727. The second-order valence-electron chi connectivity index (χ2n) is 8.24. The van der Waals surface area contributed by atoms with E-state index in [0.717, 1.165) is 19.3 Å². The fourth-order valence-corrected chi connectivity index (χ4v) is 6.11. The Morgan fingerprint density at radius 1 is 1.05 bits per heavy atom. The molecule has 3 atom stereocenters. The van der Waals surface area contributed by atoms with E-state index < -0.39 is 18.7 Å². The van der Waals surface area contributed by atoms with E-state index in [1.165, 1.54) is 0 Å². The van der Waals surface area contributed by atoms with Crippen LogP contribution in [0.5, 0.6) is 0 Å². The van der Waals surface area contributed by atoms with Gasteiger partial charge in [0.05, 0.1) is 18.3 Å². The van der Waals surface area contributed by atoms with E-state index in [0.29, 0.717) is 5.92 Å². The van der Waals surface area contributed by atoms with Crippen LogP contribution in [0.25, 0.3) is 0 Å². The van der Waals surface area contributed by atoms with Gasteiger partial charge in [-0.2, -0.15) is 8.42 Å². The van der Waals surface area contributed by atoms with E-state index in [1.807, 2.05) is 0 Å². The van der Waals surface area contributed by atoms with Crippen LogP contribution in [0.15, 0.2) is 0 Å². The number of hydrogen-bond donors (Lipinski definition) is 0. The lowest BCUT2D eigenvalue weighted by Crippen LogP contribution is -2.61. The van der Waals surface area contributed by atoms with E-state index in [2.05, 4.69) is 33.9 Å². The summed E-state index contributed by atoms with van der Waals surface area (Å²) in [4.78, 5) is 0. The minimum Gasteiger partial charge on any atom is -0.413 e. The molecule has 4 fully saturated rings. The highest BCUT2D eigenvalue weighted by molar-refractivity contribution is 7.81.